The maximum atomic E-state index is 14.6. The van der Waals surface area contributed by atoms with Crippen molar-refractivity contribution in [2.45, 2.75) is 32.6 Å². The van der Waals surface area contributed by atoms with Gasteiger partial charge in [-0.2, -0.15) is 0 Å². The number of hydrogen-bond acceptors (Lipinski definition) is 6. The topological polar surface area (TPSA) is 62.2 Å². The summed E-state index contributed by atoms with van der Waals surface area (Å²) < 4.78 is 14.6. The summed E-state index contributed by atoms with van der Waals surface area (Å²) in [6, 6.07) is 6.69. The Hall–Kier alpha value is -2.87. The third-order valence-corrected chi connectivity index (χ3v) is 6.62. The molecule has 2 aromatic heterocycles. The van der Waals surface area contributed by atoms with Crippen molar-refractivity contribution in [1.82, 2.24) is 19.9 Å². The van der Waals surface area contributed by atoms with Crippen LogP contribution in [0.4, 0.5) is 10.3 Å². The van der Waals surface area contributed by atoms with E-state index in [0.29, 0.717) is 35.0 Å². The maximum Gasteiger partial charge on any atom is 0.265 e. The lowest BCUT2D eigenvalue weighted by Gasteiger charge is -2.33. The monoisotopic (exact) mass is 439 g/mol. The van der Waals surface area contributed by atoms with Crippen LogP contribution in [0, 0.1) is 19.7 Å². The van der Waals surface area contributed by atoms with Gasteiger partial charge in [0.05, 0.1) is 16.4 Å². The molecule has 0 bridgehead atoms. The lowest BCUT2D eigenvalue weighted by Crippen LogP contribution is -2.39. The predicted molar refractivity (Wildman–Crippen MR) is 121 cm³/mol. The molecule has 31 heavy (non-hydrogen) atoms. The van der Waals surface area contributed by atoms with Gasteiger partial charge < -0.3 is 9.80 Å². The first-order valence-corrected chi connectivity index (χ1v) is 11.2. The molecular formula is C23H26FN5OS. The van der Waals surface area contributed by atoms with Crippen molar-refractivity contribution in [2.24, 2.45) is 0 Å². The molecule has 1 amide bonds. The van der Waals surface area contributed by atoms with Gasteiger partial charge >= 0.3 is 0 Å². The smallest absolute Gasteiger partial charge is 0.265 e. The highest BCUT2D eigenvalue weighted by molar-refractivity contribution is 7.13. The van der Waals surface area contributed by atoms with Crippen molar-refractivity contribution in [3.8, 4) is 11.1 Å². The summed E-state index contributed by atoms with van der Waals surface area (Å²) in [6.45, 7) is 5.03. The van der Waals surface area contributed by atoms with E-state index in [1.807, 2.05) is 43.8 Å². The number of benzene rings is 1. The van der Waals surface area contributed by atoms with Gasteiger partial charge in [0.2, 0.25) is 5.95 Å². The summed E-state index contributed by atoms with van der Waals surface area (Å²) in [5, 5.41) is 0.891. The Labute approximate surface area is 185 Å². The summed E-state index contributed by atoms with van der Waals surface area (Å²) in [7, 11) is 3.76. The molecule has 0 spiro atoms. The number of aryl methyl sites for hydroxylation is 2. The number of thiazole rings is 1. The molecule has 0 N–H and O–H groups in total. The van der Waals surface area contributed by atoms with Gasteiger partial charge in [-0.25, -0.2) is 19.3 Å². The summed E-state index contributed by atoms with van der Waals surface area (Å²) in [5.74, 6) is 0.294. The van der Waals surface area contributed by atoms with Crippen LogP contribution < -0.4 is 4.90 Å². The number of hydrogen-bond donors (Lipinski definition) is 0. The Bertz CT molecular complexity index is 1110. The van der Waals surface area contributed by atoms with E-state index in [4.69, 9.17) is 4.98 Å². The van der Waals surface area contributed by atoms with Gasteiger partial charge in [-0.1, -0.05) is 18.2 Å². The number of halogens is 1. The minimum Gasteiger partial charge on any atom is -0.347 e. The van der Waals surface area contributed by atoms with Crippen LogP contribution >= 0.6 is 11.3 Å². The molecule has 8 heteroatoms. The second-order valence-electron chi connectivity index (χ2n) is 8.08. The molecule has 1 saturated heterocycles. The van der Waals surface area contributed by atoms with Crippen molar-refractivity contribution in [1.29, 1.82) is 0 Å². The molecule has 3 heterocycles. The van der Waals surface area contributed by atoms with E-state index >= 15 is 0 Å². The zero-order valence-electron chi connectivity index (χ0n) is 18.2. The molecule has 3 aromatic rings. The average molecular weight is 440 g/mol. The third-order valence-electron chi connectivity index (χ3n) is 5.56. The Morgan fingerprint density at radius 2 is 1.97 bits per heavy atom. The zero-order valence-corrected chi connectivity index (χ0v) is 19.0. The number of aromatic nitrogens is 3. The van der Waals surface area contributed by atoms with Gasteiger partial charge in [-0.3, -0.25) is 4.79 Å². The van der Waals surface area contributed by atoms with Gasteiger partial charge in [0, 0.05) is 50.4 Å². The van der Waals surface area contributed by atoms with E-state index in [1.165, 1.54) is 17.4 Å². The molecule has 0 radical (unpaired) electrons. The Morgan fingerprint density at radius 3 is 2.65 bits per heavy atom. The van der Waals surface area contributed by atoms with Crippen LogP contribution in [0.15, 0.2) is 30.5 Å². The highest BCUT2D eigenvalue weighted by atomic mass is 32.1. The fourth-order valence-corrected chi connectivity index (χ4v) is 4.94. The fraction of sp³-hybridized carbons (Fsp3) is 0.391. The van der Waals surface area contributed by atoms with Gasteiger partial charge in [-0.05, 0) is 32.8 Å². The van der Waals surface area contributed by atoms with Crippen molar-refractivity contribution < 1.29 is 9.18 Å². The average Bonchev–Trinajstić information content (AvgIpc) is 3.11. The number of nitrogens with zero attached hydrogens (tertiary/aromatic N) is 5. The number of piperidine rings is 1. The number of amides is 1. The van der Waals surface area contributed by atoms with Crippen molar-refractivity contribution >= 4 is 23.2 Å². The molecule has 1 atom stereocenters. The Balaban J connectivity index is 1.70. The second kappa shape index (κ2) is 8.70. The quantitative estimate of drug-likeness (QED) is 0.601. The lowest BCUT2D eigenvalue weighted by molar-refractivity contribution is 0.0710. The minimum atomic E-state index is -0.301. The SMILES string of the molecule is Cc1nc(C)c(C(=O)N2CCCC(c3nc(N(C)C)ncc3-c3ccccc3F)C2)s1. The number of likely N-dealkylation sites (tertiary alicyclic amines) is 1. The molecule has 1 unspecified atom stereocenters. The van der Waals surface area contributed by atoms with E-state index < -0.39 is 0 Å². The van der Waals surface area contributed by atoms with Crippen LogP contribution in [0.1, 0.15) is 44.8 Å². The highest BCUT2D eigenvalue weighted by Crippen LogP contribution is 2.35. The molecule has 0 aliphatic carbocycles. The predicted octanol–water partition coefficient (Wildman–Crippen LogP) is 4.44. The molecule has 0 saturated carbocycles. The highest BCUT2D eigenvalue weighted by Gasteiger charge is 2.30. The molecule has 6 nitrogen and oxygen atoms in total. The summed E-state index contributed by atoms with van der Waals surface area (Å²) in [6.07, 6.45) is 3.45. The summed E-state index contributed by atoms with van der Waals surface area (Å²) in [5.41, 5.74) is 2.74. The molecule has 4 rings (SSSR count). The standard InChI is InChI=1S/C23H26FN5OS/c1-14-21(31-15(2)26-14)22(30)29-11-7-8-16(13-29)20-18(12-25-23(27-20)28(3)4)17-9-5-6-10-19(17)24/h5-6,9-10,12,16H,7-8,11,13H2,1-4H3. The van der Waals surface area contributed by atoms with Crippen LogP contribution in [0.2, 0.25) is 0 Å². The van der Waals surface area contributed by atoms with E-state index in [0.717, 1.165) is 29.2 Å². The van der Waals surface area contributed by atoms with Crippen LogP contribution in [0.25, 0.3) is 11.1 Å². The normalized spacial score (nSPS) is 16.4. The number of anilines is 1. The van der Waals surface area contributed by atoms with E-state index in [-0.39, 0.29) is 17.6 Å². The van der Waals surface area contributed by atoms with Crippen molar-refractivity contribution in [3.05, 3.63) is 57.6 Å². The molecule has 1 aromatic carbocycles. The fourth-order valence-electron chi connectivity index (χ4n) is 4.06. The Kier molecular flexibility index (Phi) is 6.00. The van der Waals surface area contributed by atoms with Crippen molar-refractivity contribution in [2.75, 3.05) is 32.1 Å². The largest absolute Gasteiger partial charge is 0.347 e. The second-order valence-corrected chi connectivity index (χ2v) is 9.28. The minimum absolute atomic E-state index is 0.00308. The lowest BCUT2D eigenvalue weighted by atomic mass is 9.89. The van der Waals surface area contributed by atoms with Gasteiger partial charge in [0.1, 0.15) is 10.7 Å². The molecule has 162 valence electrons. The molecule has 1 aliphatic rings. The van der Waals surface area contributed by atoms with Gasteiger partial charge in [-0.15, -0.1) is 11.3 Å². The van der Waals surface area contributed by atoms with E-state index in [1.54, 1.807) is 18.3 Å². The maximum absolute atomic E-state index is 14.6. The number of rotatable bonds is 4. The summed E-state index contributed by atoms with van der Waals surface area (Å²) in [4.78, 5) is 31.2. The first-order chi connectivity index (χ1) is 14.8. The van der Waals surface area contributed by atoms with Crippen LogP contribution in [-0.2, 0) is 0 Å². The van der Waals surface area contributed by atoms with E-state index in [2.05, 4.69) is 9.97 Å². The summed E-state index contributed by atoms with van der Waals surface area (Å²) >= 11 is 1.44. The number of carbonyl (C=O) groups excluding carboxylic acids is 1. The van der Waals surface area contributed by atoms with Crippen molar-refractivity contribution in [3.63, 3.8) is 0 Å². The molecule has 1 fully saturated rings. The molecular weight excluding hydrogens is 413 g/mol. The zero-order chi connectivity index (χ0) is 22.1. The van der Waals surface area contributed by atoms with Gasteiger partial charge in [0.15, 0.2) is 0 Å². The van der Waals surface area contributed by atoms with Crippen LogP contribution in [0.5, 0.6) is 0 Å². The number of carbonyl (C=O) groups is 1. The molecule has 1 aliphatic heterocycles. The first-order valence-electron chi connectivity index (χ1n) is 10.4. The van der Waals surface area contributed by atoms with Gasteiger partial charge in [0.25, 0.3) is 5.91 Å². The Morgan fingerprint density at radius 1 is 1.19 bits per heavy atom. The van der Waals surface area contributed by atoms with E-state index in [9.17, 15) is 9.18 Å². The third kappa shape index (κ3) is 4.30. The van der Waals surface area contributed by atoms with Crippen LogP contribution in [0.3, 0.4) is 0 Å². The van der Waals surface area contributed by atoms with Crippen LogP contribution in [-0.4, -0.2) is 52.9 Å². The first kappa shape index (κ1) is 21.4.